The van der Waals surface area contributed by atoms with E-state index in [0.717, 1.165) is 18.2 Å². The summed E-state index contributed by atoms with van der Waals surface area (Å²) in [6.07, 6.45) is 0. The fraction of sp³-hybridized carbons (Fsp3) is 0.269. The maximum Gasteiger partial charge on any atom is 0.301 e. The molecular weight excluding hydrogens is 575 g/mol. The molecule has 3 N–H and O–H groups in total. The van der Waals surface area contributed by atoms with Gasteiger partial charge in [0.15, 0.2) is 5.69 Å². The molecule has 0 aliphatic carbocycles. The second-order valence-corrected chi connectivity index (χ2v) is 11.6. The standard InChI is InChI=1S/C26H26ClFN8O4S/c1-13-9-18-22(33-26(35(4)25(18)38)36-11-15-5-6-17(28)10-16(15)12-36)21(30-13)14(2)31-19-7-8-20(27)32-23(19)24(37)34-41(39,40)29-3/h5-10,14,29,31H,11-12H2,1-4H3,(H,34,37)/t14-/m1/s1. The second-order valence-electron chi connectivity index (χ2n) is 9.63. The minimum atomic E-state index is -4.10. The molecule has 41 heavy (non-hydrogen) atoms. The molecule has 0 bridgehead atoms. The Morgan fingerprint density at radius 3 is 2.56 bits per heavy atom. The van der Waals surface area contributed by atoms with Gasteiger partial charge in [-0.05, 0) is 55.3 Å². The lowest BCUT2D eigenvalue weighted by Gasteiger charge is -2.22. The Morgan fingerprint density at radius 2 is 1.83 bits per heavy atom. The molecule has 1 aromatic carbocycles. The quantitative estimate of drug-likeness (QED) is 0.272. The number of pyridine rings is 2. The predicted octanol–water partition coefficient (Wildman–Crippen LogP) is 2.71. The molecule has 12 nitrogen and oxygen atoms in total. The summed E-state index contributed by atoms with van der Waals surface area (Å²) in [4.78, 5) is 41.7. The van der Waals surface area contributed by atoms with Crippen molar-refractivity contribution >= 4 is 50.3 Å². The highest BCUT2D eigenvalue weighted by Crippen LogP contribution is 2.30. The number of aromatic nitrogens is 4. The normalized spacial score (nSPS) is 13.8. The minimum Gasteiger partial charge on any atom is -0.375 e. The first kappa shape index (κ1) is 28.4. The molecule has 1 aliphatic heterocycles. The van der Waals surface area contributed by atoms with Crippen LogP contribution in [0, 0.1) is 12.7 Å². The van der Waals surface area contributed by atoms with Crippen LogP contribution in [-0.4, -0.2) is 40.9 Å². The molecule has 0 saturated carbocycles. The van der Waals surface area contributed by atoms with Gasteiger partial charge < -0.3 is 10.2 Å². The van der Waals surface area contributed by atoms with Gasteiger partial charge in [0.25, 0.3) is 11.5 Å². The van der Waals surface area contributed by atoms with E-state index in [1.54, 1.807) is 33.0 Å². The van der Waals surface area contributed by atoms with Gasteiger partial charge in [0.05, 0.1) is 22.8 Å². The number of aryl methyl sites for hydroxylation is 1. The molecule has 15 heteroatoms. The first-order valence-corrected chi connectivity index (χ1v) is 14.3. The van der Waals surface area contributed by atoms with Gasteiger partial charge in [0.1, 0.15) is 16.5 Å². The molecule has 0 saturated heterocycles. The Bertz CT molecular complexity index is 1880. The van der Waals surface area contributed by atoms with Gasteiger partial charge in [-0.2, -0.15) is 8.42 Å². The van der Waals surface area contributed by atoms with E-state index in [0.29, 0.717) is 41.3 Å². The zero-order chi connectivity index (χ0) is 29.6. The van der Waals surface area contributed by atoms with Crippen LogP contribution in [0.3, 0.4) is 0 Å². The lowest BCUT2D eigenvalue weighted by atomic mass is 10.1. The molecule has 0 fully saturated rings. The number of amides is 1. The number of hydrogen-bond acceptors (Lipinski definition) is 9. The molecule has 1 amide bonds. The van der Waals surface area contributed by atoms with E-state index in [9.17, 15) is 22.4 Å². The fourth-order valence-electron chi connectivity index (χ4n) is 4.75. The van der Waals surface area contributed by atoms with Crippen molar-refractivity contribution in [2.45, 2.75) is 33.0 Å². The molecule has 0 unspecified atom stereocenters. The second kappa shape index (κ2) is 10.7. The SMILES string of the molecule is CNS(=O)(=O)NC(=O)c1nc(Cl)ccc1N[C@H](C)c1nc(C)cc2c(=O)n(C)c(N3Cc4ccc(F)cc4C3)nc12. The van der Waals surface area contributed by atoms with Gasteiger partial charge in [-0.1, -0.05) is 17.7 Å². The van der Waals surface area contributed by atoms with Crippen LogP contribution >= 0.6 is 11.6 Å². The Labute approximate surface area is 239 Å². The lowest BCUT2D eigenvalue weighted by molar-refractivity contribution is 0.0977. The van der Waals surface area contributed by atoms with Crippen LogP contribution in [0.25, 0.3) is 10.9 Å². The number of benzene rings is 1. The molecule has 1 atom stereocenters. The number of fused-ring (bicyclic) bond motifs is 2. The van der Waals surface area contributed by atoms with E-state index < -0.39 is 22.2 Å². The van der Waals surface area contributed by atoms with Crippen LogP contribution in [0.2, 0.25) is 5.15 Å². The average Bonchev–Trinajstić information content (AvgIpc) is 3.34. The van der Waals surface area contributed by atoms with Crippen molar-refractivity contribution in [3.8, 4) is 0 Å². The summed E-state index contributed by atoms with van der Waals surface area (Å²) < 4.78 is 43.0. The topological polar surface area (TPSA) is 151 Å². The molecule has 0 radical (unpaired) electrons. The van der Waals surface area contributed by atoms with Crippen molar-refractivity contribution in [2.24, 2.45) is 7.05 Å². The molecular formula is C26H26ClFN8O4S. The number of rotatable bonds is 7. The Balaban J connectivity index is 1.55. The average molecular weight is 601 g/mol. The molecule has 4 heterocycles. The molecule has 4 aromatic rings. The summed E-state index contributed by atoms with van der Waals surface area (Å²) in [6.45, 7) is 4.34. The van der Waals surface area contributed by atoms with Gasteiger partial charge in [-0.25, -0.2) is 23.8 Å². The van der Waals surface area contributed by atoms with Crippen molar-refractivity contribution in [2.75, 3.05) is 17.3 Å². The summed E-state index contributed by atoms with van der Waals surface area (Å²) >= 11 is 6.00. The smallest absolute Gasteiger partial charge is 0.301 e. The monoisotopic (exact) mass is 600 g/mol. The van der Waals surface area contributed by atoms with E-state index in [1.807, 2.05) is 14.3 Å². The van der Waals surface area contributed by atoms with Crippen molar-refractivity contribution in [3.63, 3.8) is 0 Å². The maximum atomic E-state index is 13.8. The lowest BCUT2D eigenvalue weighted by Crippen LogP contribution is -2.39. The molecule has 3 aromatic heterocycles. The van der Waals surface area contributed by atoms with E-state index in [2.05, 4.69) is 15.3 Å². The number of nitrogens with one attached hydrogen (secondary N) is 3. The van der Waals surface area contributed by atoms with Crippen molar-refractivity contribution < 1.29 is 17.6 Å². The molecule has 1 aliphatic rings. The third kappa shape index (κ3) is 5.58. The van der Waals surface area contributed by atoms with Crippen LogP contribution in [0.5, 0.6) is 0 Å². The third-order valence-corrected chi connectivity index (χ3v) is 7.92. The van der Waals surface area contributed by atoms with Crippen LogP contribution in [0.15, 0.2) is 41.2 Å². The highest BCUT2D eigenvalue weighted by molar-refractivity contribution is 7.88. The molecule has 214 valence electrons. The van der Waals surface area contributed by atoms with Gasteiger partial charge >= 0.3 is 10.2 Å². The van der Waals surface area contributed by atoms with Crippen molar-refractivity contribution in [1.82, 2.24) is 29.0 Å². The Hall–Kier alpha value is -4.14. The summed E-state index contributed by atoms with van der Waals surface area (Å²) in [5.74, 6) is -0.942. The zero-order valence-electron chi connectivity index (χ0n) is 22.5. The molecule has 5 rings (SSSR count). The number of anilines is 2. The number of nitrogens with zero attached hydrogens (tertiary/aromatic N) is 5. The maximum absolute atomic E-state index is 13.8. The van der Waals surface area contributed by atoms with Gasteiger partial charge in [-0.15, -0.1) is 0 Å². The van der Waals surface area contributed by atoms with Gasteiger partial charge in [-0.3, -0.25) is 19.1 Å². The number of carbonyl (C=O) groups excluding carboxylic acids is 1. The predicted molar refractivity (Wildman–Crippen MR) is 153 cm³/mol. The summed E-state index contributed by atoms with van der Waals surface area (Å²) in [7, 11) is -1.31. The van der Waals surface area contributed by atoms with Gasteiger partial charge in [0.2, 0.25) is 5.95 Å². The largest absolute Gasteiger partial charge is 0.375 e. The zero-order valence-corrected chi connectivity index (χ0v) is 24.1. The number of halogens is 2. The highest BCUT2D eigenvalue weighted by atomic mass is 35.5. The highest BCUT2D eigenvalue weighted by Gasteiger charge is 2.26. The Morgan fingerprint density at radius 1 is 1.10 bits per heavy atom. The van der Waals surface area contributed by atoms with Crippen LogP contribution in [-0.2, 0) is 30.3 Å². The number of hydrogen-bond donors (Lipinski definition) is 3. The van der Waals surface area contributed by atoms with Crippen molar-refractivity contribution in [3.05, 3.63) is 85.9 Å². The first-order chi connectivity index (χ1) is 19.4. The number of carbonyl (C=O) groups is 1. The minimum absolute atomic E-state index is 0.0179. The fourth-order valence-corrected chi connectivity index (χ4v) is 5.34. The van der Waals surface area contributed by atoms with E-state index in [4.69, 9.17) is 16.6 Å². The van der Waals surface area contributed by atoms with Crippen LogP contribution < -0.4 is 25.2 Å². The summed E-state index contributed by atoms with van der Waals surface area (Å²) in [5, 5.41) is 3.47. The summed E-state index contributed by atoms with van der Waals surface area (Å²) in [6, 6.07) is 8.58. The Kier molecular flexibility index (Phi) is 7.40. The van der Waals surface area contributed by atoms with E-state index in [-0.39, 0.29) is 27.9 Å². The summed E-state index contributed by atoms with van der Waals surface area (Å²) in [5.41, 5.74) is 2.75. The van der Waals surface area contributed by atoms with E-state index in [1.165, 1.54) is 28.8 Å². The van der Waals surface area contributed by atoms with E-state index >= 15 is 0 Å². The van der Waals surface area contributed by atoms with Crippen LogP contribution in [0.4, 0.5) is 16.0 Å². The molecule has 0 spiro atoms. The van der Waals surface area contributed by atoms with Crippen LogP contribution in [0.1, 0.15) is 46.0 Å². The third-order valence-electron chi connectivity index (χ3n) is 6.72. The first-order valence-electron chi connectivity index (χ1n) is 12.5. The van der Waals surface area contributed by atoms with Gasteiger partial charge in [0, 0.05) is 32.9 Å². The van der Waals surface area contributed by atoms with Crippen molar-refractivity contribution in [1.29, 1.82) is 0 Å².